The number of aryl methyl sites for hydroxylation is 1. The van der Waals surface area contributed by atoms with Crippen molar-refractivity contribution in [3.8, 4) is 11.3 Å². The zero-order chi connectivity index (χ0) is 15.6. The minimum Gasteiger partial charge on any atom is -0.456 e. The van der Waals surface area contributed by atoms with Crippen molar-refractivity contribution in [1.82, 2.24) is 4.98 Å². The second kappa shape index (κ2) is 5.98. The standard InChI is InChI=1S/C17H18BrNO2/c1-11-14(16(20)21-17(2,3)4)8-9-15(19-11)12-6-5-7-13(18)10-12/h5-10H,1-4H3. The SMILES string of the molecule is Cc1nc(-c2cccc(Br)c2)ccc1C(=O)OC(C)(C)C. The van der Waals surface area contributed by atoms with Crippen LogP contribution in [-0.4, -0.2) is 16.6 Å². The highest BCUT2D eigenvalue weighted by atomic mass is 79.9. The Labute approximate surface area is 133 Å². The molecule has 0 radical (unpaired) electrons. The van der Waals surface area contributed by atoms with Crippen LogP contribution in [-0.2, 0) is 4.74 Å². The average molecular weight is 348 g/mol. The second-order valence-corrected chi connectivity index (χ2v) is 6.76. The van der Waals surface area contributed by atoms with Crippen LogP contribution in [0.1, 0.15) is 36.8 Å². The summed E-state index contributed by atoms with van der Waals surface area (Å²) in [6, 6.07) is 11.5. The third kappa shape index (κ3) is 4.14. The Hall–Kier alpha value is -1.68. The summed E-state index contributed by atoms with van der Waals surface area (Å²) in [5.41, 5.74) is 2.50. The topological polar surface area (TPSA) is 39.2 Å². The van der Waals surface area contributed by atoms with Gasteiger partial charge in [-0.2, -0.15) is 0 Å². The normalized spacial score (nSPS) is 11.3. The molecule has 2 rings (SSSR count). The molecule has 110 valence electrons. The van der Waals surface area contributed by atoms with Crippen LogP contribution < -0.4 is 0 Å². The molecular weight excluding hydrogens is 330 g/mol. The molecular formula is C17H18BrNO2. The van der Waals surface area contributed by atoms with E-state index in [0.717, 1.165) is 15.7 Å². The van der Waals surface area contributed by atoms with Gasteiger partial charge >= 0.3 is 5.97 Å². The first-order chi connectivity index (χ1) is 9.76. The molecule has 21 heavy (non-hydrogen) atoms. The number of carbonyl (C=O) groups excluding carboxylic acids is 1. The number of hydrogen-bond donors (Lipinski definition) is 0. The molecule has 0 amide bonds. The number of carbonyl (C=O) groups is 1. The zero-order valence-electron chi connectivity index (χ0n) is 12.6. The monoisotopic (exact) mass is 347 g/mol. The number of halogens is 1. The van der Waals surface area contributed by atoms with Crippen LogP contribution in [0.5, 0.6) is 0 Å². The summed E-state index contributed by atoms with van der Waals surface area (Å²) < 4.78 is 6.38. The fourth-order valence-corrected chi connectivity index (χ4v) is 2.32. The number of pyridine rings is 1. The number of nitrogens with zero attached hydrogens (tertiary/aromatic N) is 1. The molecule has 4 heteroatoms. The molecule has 2 aromatic rings. The van der Waals surface area contributed by atoms with Crippen LogP contribution in [0, 0.1) is 6.92 Å². The first-order valence-corrected chi connectivity index (χ1v) is 7.52. The molecule has 3 nitrogen and oxygen atoms in total. The highest BCUT2D eigenvalue weighted by Crippen LogP contribution is 2.23. The summed E-state index contributed by atoms with van der Waals surface area (Å²) in [7, 11) is 0. The van der Waals surface area contributed by atoms with E-state index in [1.165, 1.54) is 0 Å². The van der Waals surface area contributed by atoms with Crippen molar-refractivity contribution in [3.63, 3.8) is 0 Å². The van der Waals surface area contributed by atoms with Crippen LogP contribution in [0.4, 0.5) is 0 Å². The lowest BCUT2D eigenvalue weighted by molar-refractivity contribution is 0.00683. The molecule has 0 atom stereocenters. The number of rotatable bonds is 2. The van der Waals surface area contributed by atoms with Gasteiger partial charge in [0.2, 0.25) is 0 Å². The Morgan fingerprint density at radius 1 is 1.19 bits per heavy atom. The van der Waals surface area contributed by atoms with Crippen molar-refractivity contribution in [1.29, 1.82) is 0 Å². The van der Waals surface area contributed by atoms with E-state index in [1.54, 1.807) is 6.07 Å². The van der Waals surface area contributed by atoms with Gasteiger partial charge in [-0.15, -0.1) is 0 Å². The molecule has 1 aromatic heterocycles. The molecule has 0 saturated heterocycles. The molecule has 1 heterocycles. The molecule has 0 aliphatic rings. The number of ether oxygens (including phenoxy) is 1. The third-order valence-electron chi connectivity index (χ3n) is 2.82. The maximum Gasteiger partial charge on any atom is 0.340 e. The summed E-state index contributed by atoms with van der Waals surface area (Å²) >= 11 is 3.45. The van der Waals surface area contributed by atoms with E-state index in [1.807, 2.05) is 58.0 Å². The molecule has 0 bridgehead atoms. The summed E-state index contributed by atoms with van der Waals surface area (Å²) in [5, 5.41) is 0. The lowest BCUT2D eigenvalue weighted by atomic mass is 10.1. The Bertz CT molecular complexity index is 675. The van der Waals surface area contributed by atoms with Crippen molar-refractivity contribution in [2.45, 2.75) is 33.3 Å². The van der Waals surface area contributed by atoms with Gasteiger partial charge in [-0.3, -0.25) is 4.98 Å². The van der Waals surface area contributed by atoms with Crippen LogP contribution in [0.3, 0.4) is 0 Å². The second-order valence-electron chi connectivity index (χ2n) is 5.84. The largest absolute Gasteiger partial charge is 0.456 e. The van der Waals surface area contributed by atoms with Crippen LogP contribution in [0.2, 0.25) is 0 Å². The summed E-state index contributed by atoms with van der Waals surface area (Å²) in [5.74, 6) is -0.340. The maximum absolute atomic E-state index is 12.1. The fourth-order valence-electron chi connectivity index (χ4n) is 1.92. The van der Waals surface area contributed by atoms with E-state index in [0.29, 0.717) is 11.3 Å². The van der Waals surface area contributed by atoms with Gasteiger partial charge < -0.3 is 4.74 Å². The van der Waals surface area contributed by atoms with Crippen molar-refractivity contribution in [2.75, 3.05) is 0 Å². The Balaban J connectivity index is 2.32. The van der Waals surface area contributed by atoms with E-state index in [2.05, 4.69) is 20.9 Å². The highest BCUT2D eigenvalue weighted by Gasteiger charge is 2.20. The molecule has 0 spiro atoms. The zero-order valence-corrected chi connectivity index (χ0v) is 14.2. The van der Waals surface area contributed by atoms with E-state index >= 15 is 0 Å². The van der Waals surface area contributed by atoms with Crippen LogP contribution in [0.25, 0.3) is 11.3 Å². The quantitative estimate of drug-likeness (QED) is 0.734. The molecule has 0 aliphatic carbocycles. The van der Waals surface area contributed by atoms with Gasteiger partial charge in [-0.25, -0.2) is 4.79 Å². The summed E-state index contributed by atoms with van der Waals surface area (Å²) in [4.78, 5) is 16.6. The summed E-state index contributed by atoms with van der Waals surface area (Å²) in [6.45, 7) is 7.37. The third-order valence-corrected chi connectivity index (χ3v) is 3.32. The van der Waals surface area contributed by atoms with Crippen LogP contribution >= 0.6 is 15.9 Å². The highest BCUT2D eigenvalue weighted by molar-refractivity contribution is 9.10. The molecule has 0 aliphatic heterocycles. The minimum absolute atomic E-state index is 0.340. The first-order valence-electron chi connectivity index (χ1n) is 6.73. The molecule has 0 N–H and O–H groups in total. The van der Waals surface area contributed by atoms with Crippen LogP contribution in [0.15, 0.2) is 40.9 Å². The molecule has 1 aromatic carbocycles. The van der Waals surface area contributed by atoms with Gasteiger partial charge in [0.25, 0.3) is 0 Å². The molecule has 0 saturated carbocycles. The Morgan fingerprint density at radius 3 is 2.48 bits per heavy atom. The van der Waals surface area contributed by atoms with E-state index < -0.39 is 5.60 Å². The van der Waals surface area contributed by atoms with Crippen molar-refractivity contribution in [3.05, 3.63) is 52.1 Å². The predicted octanol–water partition coefficient (Wildman–Crippen LogP) is 4.77. The van der Waals surface area contributed by atoms with E-state index in [4.69, 9.17) is 4.74 Å². The molecule has 0 fully saturated rings. The number of benzene rings is 1. The smallest absolute Gasteiger partial charge is 0.340 e. The predicted molar refractivity (Wildman–Crippen MR) is 87.3 cm³/mol. The van der Waals surface area contributed by atoms with Crippen molar-refractivity contribution >= 4 is 21.9 Å². The van der Waals surface area contributed by atoms with Gasteiger partial charge in [0.1, 0.15) is 5.60 Å². The Kier molecular flexibility index (Phi) is 4.47. The van der Waals surface area contributed by atoms with Gasteiger partial charge in [0.05, 0.1) is 17.0 Å². The fraction of sp³-hybridized carbons (Fsp3) is 0.294. The van der Waals surface area contributed by atoms with E-state index in [-0.39, 0.29) is 5.97 Å². The number of esters is 1. The molecule has 0 unspecified atom stereocenters. The lowest BCUT2D eigenvalue weighted by Gasteiger charge is -2.20. The number of hydrogen-bond acceptors (Lipinski definition) is 3. The number of aromatic nitrogens is 1. The van der Waals surface area contributed by atoms with Gasteiger partial charge in [0, 0.05) is 10.0 Å². The van der Waals surface area contributed by atoms with Crippen molar-refractivity contribution in [2.24, 2.45) is 0 Å². The Morgan fingerprint density at radius 2 is 1.90 bits per heavy atom. The lowest BCUT2D eigenvalue weighted by Crippen LogP contribution is -2.24. The van der Waals surface area contributed by atoms with Crippen molar-refractivity contribution < 1.29 is 9.53 Å². The maximum atomic E-state index is 12.1. The van der Waals surface area contributed by atoms with Gasteiger partial charge in [-0.05, 0) is 52.0 Å². The first kappa shape index (κ1) is 15.7. The van der Waals surface area contributed by atoms with Gasteiger partial charge in [0.15, 0.2) is 0 Å². The minimum atomic E-state index is -0.507. The summed E-state index contributed by atoms with van der Waals surface area (Å²) in [6.07, 6.45) is 0. The average Bonchev–Trinajstić information content (AvgIpc) is 2.36. The van der Waals surface area contributed by atoms with Gasteiger partial charge in [-0.1, -0.05) is 28.1 Å². The van der Waals surface area contributed by atoms with E-state index in [9.17, 15) is 4.79 Å².